The normalized spacial score (nSPS) is 11.2. The Morgan fingerprint density at radius 2 is 1.89 bits per heavy atom. The van der Waals surface area contributed by atoms with E-state index in [4.69, 9.17) is 0 Å². The first-order valence-corrected chi connectivity index (χ1v) is 6.54. The molecule has 3 nitrogen and oxygen atoms in total. The lowest BCUT2D eigenvalue weighted by Crippen LogP contribution is -1.92. The van der Waals surface area contributed by atoms with Crippen molar-refractivity contribution in [1.29, 1.82) is 0 Å². The Bertz CT molecular complexity index is 703. The molecule has 0 saturated heterocycles. The molecule has 94 valence electrons. The Morgan fingerprint density at radius 3 is 2.74 bits per heavy atom. The van der Waals surface area contributed by atoms with E-state index >= 15 is 0 Å². The monoisotopic (exact) mass is 271 g/mol. The van der Waals surface area contributed by atoms with Gasteiger partial charge >= 0.3 is 0 Å². The molecule has 0 spiro atoms. The van der Waals surface area contributed by atoms with Gasteiger partial charge in [0.05, 0.1) is 16.4 Å². The topological polar surface area (TPSA) is 37.3 Å². The molecule has 0 atom stereocenters. The summed E-state index contributed by atoms with van der Waals surface area (Å²) in [4.78, 5) is 4.37. The molecule has 0 fully saturated rings. The third-order valence-electron chi connectivity index (χ3n) is 2.56. The summed E-state index contributed by atoms with van der Waals surface area (Å²) in [5, 5.41) is 4.69. The number of aromatic nitrogens is 1. The van der Waals surface area contributed by atoms with E-state index in [9.17, 15) is 4.39 Å². The minimum Gasteiger partial charge on any atom is -0.253 e. The van der Waals surface area contributed by atoms with Crippen LogP contribution in [-0.2, 0) is 0 Å². The summed E-state index contributed by atoms with van der Waals surface area (Å²) in [5.41, 5.74) is 4.19. The number of hydrazone groups is 1. The molecule has 19 heavy (non-hydrogen) atoms. The van der Waals surface area contributed by atoms with E-state index in [-0.39, 0.29) is 5.82 Å². The number of nitrogens with one attached hydrogen (secondary N) is 1. The predicted molar refractivity (Wildman–Crippen MR) is 77.2 cm³/mol. The van der Waals surface area contributed by atoms with Crippen LogP contribution in [0.4, 0.5) is 9.52 Å². The number of rotatable bonds is 3. The lowest BCUT2D eigenvalue weighted by molar-refractivity contribution is 0.626. The Morgan fingerprint density at radius 1 is 1.11 bits per heavy atom. The summed E-state index contributed by atoms with van der Waals surface area (Å²) in [6.45, 7) is 0. The molecule has 0 aliphatic heterocycles. The largest absolute Gasteiger partial charge is 0.253 e. The zero-order chi connectivity index (χ0) is 13.1. The van der Waals surface area contributed by atoms with Crippen LogP contribution in [0.2, 0.25) is 0 Å². The van der Waals surface area contributed by atoms with Gasteiger partial charge in [0.15, 0.2) is 0 Å². The lowest BCUT2D eigenvalue weighted by Gasteiger charge is -1.95. The van der Waals surface area contributed by atoms with Gasteiger partial charge in [-0.25, -0.2) is 9.37 Å². The molecule has 1 aromatic heterocycles. The average molecular weight is 271 g/mol. The first-order chi connectivity index (χ1) is 9.33. The fraction of sp³-hybridized carbons (Fsp3) is 0. The third-order valence-corrected chi connectivity index (χ3v) is 3.50. The number of anilines is 1. The summed E-state index contributed by atoms with van der Waals surface area (Å²) in [6, 6.07) is 14.3. The number of hydrogen-bond acceptors (Lipinski definition) is 4. The maximum Gasteiger partial charge on any atom is 0.204 e. The third kappa shape index (κ3) is 2.61. The molecule has 0 aliphatic rings. The molecule has 0 unspecified atom stereocenters. The molecule has 0 amide bonds. The summed E-state index contributed by atoms with van der Waals surface area (Å²) in [7, 11) is 0. The fourth-order valence-corrected chi connectivity index (χ4v) is 2.47. The number of thiazole rings is 1. The van der Waals surface area contributed by atoms with E-state index < -0.39 is 0 Å². The van der Waals surface area contributed by atoms with Crippen molar-refractivity contribution >= 4 is 32.9 Å². The highest BCUT2D eigenvalue weighted by Crippen LogP contribution is 2.25. The molecule has 0 aliphatic carbocycles. The Balaban J connectivity index is 1.77. The molecule has 0 radical (unpaired) electrons. The van der Waals surface area contributed by atoms with Gasteiger partial charge in [0.25, 0.3) is 0 Å². The molecule has 2 aromatic carbocycles. The fourth-order valence-electron chi connectivity index (χ4n) is 1.66. The van der Waals surface area contributed by atoms with Crippen LogP contribution in [-0.4, -0.2) is 11.2 Å². The van der Waals surface area contributed by atoms with E-state index in [0.29, 0.717) is 10.7 Å². The van der Waals surface area contributed by atoms with Crippen LogP contribution >= 0.6 is 11.3 Å². The van der Waals surface area contributed by atoms with Crippen molar-refractivity contribution in [2.24, 2.45) is 5.10 Å². The van der Waals surface area contributed by atoms with Crippen LogP contribution in [0.3, 0.4) is 0 Å². The summed E-state index contributed by atoms with van der Waals surface area (Å²) < 4.78 is 14.4. The second-order valence-corrected chi connectivity index (χ2v) is 4.91. The van der Waals surface area contributed by atoms with Gasteiger partial charge in [0.2, 0.25) is 5.13 Å². The van der Waals surface area contributed by atoms with Crippen LogP contribution in [0.15, 0.2) is 53.6 Å². The zero-order valence-electron chi connectivity index (χ0n) is 9.88. The van der Waals surface area contributed by atoms with E-state index in [1.807, 2.05) is 24.3 Å². The average Bonchev–Trinajstić information content (AvgIpc) is 2.83. The van der Waals surface area contributed by atoms with E-state index in [1.54, 1.807) is 18.2 Å². The van der Waals surface area contributed by atoms with Crippen molar-refractivity contribution in [3.8, 4) is 0 Å². The number of hydrogen-bond donors (Lipinski definition) is 1. The van der Waals surface area contributed by atoms with Gasteiger partial charge in [0.1, 0.15) is 5.82 Å². The molecular weight excluding hydrogens is 261 g/mol. The van der Waals surface area contributed by atoms with Gasteiger partial charge in [-0.15, -0.1) is 0 Å². The Labute approximate surface area is 113 Å². The smallest absolute Gasteiger partial charge is 0.204 e. The van der Waals surface area contributed by atoms with Crippen LogP contribution in [0, 0.1) is 5.82 Å². The maximum absolute atomic E-state index is 13.4. The molecule has 1 N–H and O–H groups in total. The number of nitrogens with zero attached hydrogens (tertiary/aromatic N) is 2. The molecule has 0 saturated carbocycles. The molecule has 3 rings (SSSR count). The molecule has 5 heteroatoms. The molecule has 0 bridgehead atoms. The Kier molecular flexibility index (Phi) is 3.20. The Hall–Kier alpha value is -2.27. The molecule has 3 aromatic rings. The molecular formula is C14H10FN3S. The van der Waals surface area contributed by atoms with Crippen molar-refractivity contribution in [2.75, 3.05) is 5.43 Å². The quantitative estimate of drug-likeness (QED) is 0.580. The van der Waals surface area contributed by atoms with E-state index in [2.05, 4.69) is 15.5 Å². The van der Waals surface area contributed by atoms with Crippen molar-refractivity contribution in [3.05, 3.63) is 59.9 Å². The van der Waals surface area contributed by atoms with E-state index in [0.717, 1.165) is 10.2 Å². The lowest BCUT2D eigenvalue weighted by atomic mass is 10.2. The number of para-hydroxylation sites is 1. The standard InChI is InChI=1S/C14H10FN3S/c15-11-6-2-1-5-10(11)9-16-18-14-17-12-7-3-4-8-13(12)19-14/h1-9H,(H,17,18). The van der Waals surface area contributed by atoms with Crippen LogP contribution < -0.4 is 5.43 Å². The highest BCUT2D eigenvalue weighted by Gasteiger charge is 2.01. The summed E-state index contributed by atoms with van der Waals surface area (Å²) in [6.07, 6.45) is 1.45. The second kappa shape index (κ2) is 5.16. The first-order valence-electron chi connectivity index (χ1n) is 5.72. The first kappa shape index (κ1) is 11.8. The second-order valence-electron chi connectivity index (χ2n) is 3.88. The number of halogens is 1. The van der Waals surface area contributed by atoms with Crippen molar-refractivity contribution < 1.29 is 4.39 Å². The highest BCUT2D eigenvalue weighted by atomic mass is 32.1. The van der Waals surface area contributed by atoms with Crippen molar-refractivity contribution in [2.45, 2.75) is 0 Å². The highest BCUT2D eigenvalue weighted by molar-refractivity contribution is 7.22. The van der Waals surface area contributed by atoms with Crippen LogP contribution in [0.5, 0.6) is 0 Å². The van der Waals surface area contributed by atoms with Crippen LogP contribution in [0.1, 0.15) is 5.56 Å². The van der Waals surface area contributed by atoms with Crippen LogP contribution in [0.25, 0.3) is 10.2 Å². The minimum absolute atomic E-state index is 0.294. The zero-order valence-corrected chi connectivity index (χ0v) is 10.7. The molecule has 1 heterocycles. The van der Waals surface area contributed by atoms with Gasteiger partial charge < -0.3 is 0 Å². The van der Waals surface area contributed by atoms with E-state index in [1.165, 1.54) is 23.6 Å². The summed E-state index contributed by atoms with van der Waals surface area (Å²) >= 11 is 1.51. The van der Waals surface area contributed by atoms with Gasteiger partial charge in [0, 0.05) is 5.56 Å². The van der Waals surface area contributed by atoms with Gasteiger partial charge in [-0.05, 0) is 18.2 Å². The van der Waals surface area contributed by atoms with Gasteiger partial charge in [-0.2, -0.15) is 5.10 Å². The number of fused-ring (bicyclic) bond motifs is 1. The van der Waals surface area contributed by atoms with Gasteiger partial charge in [-0.3, -0.25) is 5.43 Å². The SMILES string of the molecule is Fc1ccccc1C=NNc1nc2ccccc2s1. The van der Waals surface area contributed by atoms with Crippen molar-refractivity contribution in [1.82, 2.24) is 4.98 Å². The summed E-state index contributed by atoms with van der Waals surface area (Å²) in [5.74, 6) is -0.294. The minimum atomic E-state index is -0.294. The van der Waals surface area contributed by atoms with Crippen molar-refractivity contribution in [3.63, 3.8) is 0 Å². The maximum atomic E-state index is 13.4. The van der Waals surface area contributed by atoms with Gasteiger partial charge in [-0.1, -0.05) is 41.7 Å². The predicted octanol–water partition coefficient (Wildman–Crippen LogP) is 3.88. The number of benzene rings is 2.